The number of allylic oxidation sites excluding steroid dienone is 2. The average molecular weight is 184 g/mol. The fourth-order valence-corrected chi connectivity index (χ4v) is 0.837. The second-order valence-corrected chi connectivity index (χ2v) is 4.02. The van der Waals surface area contributed by atoms with Crippen LogP contribution in [0.3, 0.4) is 0 Å². The summed E-state index contributed by atoms with van der Waals surface area (Å²) < 4.78 is 5.02. The van der Waals surface area contributed by atoms with Gasteiger partial charge >= 0.3 is 6.09 Å². The molecule has 4 nitrogen and oxygen atoms in total. The number of ether oxygens (including phenoxy) is 1. The van der Waals surface area contributed by atoms with Gasteiger partial charge in [-0.3, -0.25) is 0 Å². The van der Waals surface area contributed by atoms with Gasteiger partial charge < -0.3 is 10.2 Å². The van der Waals surface area contributed by atoms with E-state index in [1.54, 1.807) is 0 Å². The predicted octanol–water partition coefficient (Wildman–Crippen LogP) is 1.69. The minimum atomic E-state index is -0.445. The van der Waals surface area contributed by atoms with Crippen LogP contribution in [0.1, 0.15) is 33.6 Å². The van der Waals surface area contributed by atoms with Crippen LogP contribution >= 0.6 is 0 Å². The molecule has 0 fully saturated rings. The van der Waals surface area contributed by atoms with Crippen molar-refractivity contribution < 1.29 is 9.53 Å². The normalized spacial score (nSPS) is 15.5. The van der Waals surface area contributed by atoms with Crippen molar-refractivity contribution in [3.8, 4) is 0 Å². The molecule has 13 heavy (non-hydrogen) atoms. The maximum atomic E-state index is 11.1. The molecule has 0 aliphatic heterocycles. The first kappa shape index (κ1) is 9.89. The van der Waals surface area contributed by atoms with Gasteiger partial charge in [0, 0.05) is 5.70 Å². The van der Waals surface area contributed by atoms with Gasteiger partial charge in [-0.2, -0.15) is 0 Å². The largest absolute Gasteiger partial charge is 0.443 e. The fraction of sp³-hybridized carbons (Fsp3) is 0.667. The smallest absolute Gasteiger partial charge is 0.426 e. The lowest BCUT2D eigenvalue weighted by Crippen LogP contribution is -2.41. The van der Waals surface area contributed by atoms with Crippen LogP contribution in [0.15, 0.2) is 11.8 Å². The second-order valence-electron chi connectivity index (χ2n) is 4.02. The molecule has 0 atom stereocenters. The highest BCUT2D eigenvalue weighted by atomic mass is 16.6. The Hall–Kier alpha value is -1.19. The summed E-state index contributed by atoms with van der Waals surface area (Å²) in [6.45, 7) is 5.49. The molecule has 0 heterocycles. The Labute approximate surface area is 78.3 Å². The maximum Gasteiger partial charge on any atom is 0.426 e. The van der Waals surface area contributed by atoms with Crippen molar-refractivity contribution in [2.45, 2.75) is 39.2 Å². The Kier molecular flexibility index (Phi) is 2.80. The van der Waals surface area contributed by atoms with E-state index in [9.17, 15) is 4.79 Å². The zero-order valence-electron chi connectivity index (χ0n) is 8.31. The van der Waals surface area contributed by atoms with Crippen molar-refractivity contribution >= 4 is 6.09 Å². The monoisotopic (exact) mass is 184 g/mol. The zero-order valence-corrected chi connectivity index (χ0v) is 8.31. The Morgan fingerprint density at radius 2 is 2.15 bits per heavy atom. The molecule has 0 saturated heterocycles. The third-order valence-electron chi connectivity index (χ3n) is 1.53. The SMILES string of the molecule is CC(C)(C)OC(=O)NNC1=CCC1. The average Bonchev–Trinajstić information content (AvgIpc) is 1.78. The summed E-state index contributed by atoms with van der Waals surface area (Å²) in [6, 6.07) is 0. The number of hydrazine groups is 1. The lowest BCUT2D eigenvalue weighted by molar-refractivity contribution is 0.0504. The molecule has 0 aromatic carbocycles. The molecule has 1 aliphatic rings. The van der Waals surface area contributed by atoms with Gasteiger partial charge in [-0.15, -0.1) is 0 Å². The van der Waals surface area contributed by atoms with Gasteiger partial charge in [-0.25, -0.2) is 10.2 Å². The quantitative estimate of drug-likeness (QED) is 0.642. The second kappa shape index (κ2) is 3.68. The molecule has 0 bridgehead atoms. The number of nitrogens with one attached hydrogen (secondary N) is 2. The molecular formula is C9H16N2O2. The number of hydrogen-bond acceptors (Lipinski definition) is 3. The molecule has 0 radical (unpaired) electrons. The standard InChI is InChI=1S/C9H16N2O2/c1-9(2,3)13-8(12)11-10-7-5-4-6-7/h5,10H,4,6H2,1-3H3,(H,11,12). The molecule has 1 amide bonds. The Balaban J connectivity index is 2.17. The molecule has 4 heteroatoms. The predicted molar refractivity (Wildman–Crippen MR) is 49.8 cm³/mol. The van der Waals surface area contributed by atoms with Gasteiger partial charge in [0.15, 0.2) is 0 Å². The van der Waals surface area contributed by atoms with Crippen LogP contribution < -0.4 is 10.9 Å². The van der Waals surface area contributed by atoms with E-state index in [-0.39, 0.29) is 0 Å². The van der Waals surface area contributed by atoms with E-state index in [1.165, 1.54) is 0 Å². The number of amides is 1. The minimum Gasteiger partial charge on any atom is -0.443 e. The van der Waals surface area contributed by atoms with Crippen molar-refractivity contribution in [3.05, 3.63) is 11.8 Å². The van der Waals surface area contributed by atoms with Gasteiger partial charge in [-0.1, -0.05) is 6.08 Å². The number of carbonyl (C=O) groups excluding carboxylic acids is 1. The van der Waals surface area contributed by atoms with Crippen LogP contribution in [0.2, 0.25) is 0 Å². The number of hydrogen-bond donors (Lipinski definition) is 2. The topological polar surface area (TPSA) is 50.4 Å². The van der Waals surface area contributed by atoms with E-state index < -0.39 is 11.7 Å². The third-order valence-corrected chi connectivity index (χ3v) is 1.53. The summed E-state index contributed by atoms with van der Waals surface area (Å²) in [6.07, 6.45) is 3.66. The van der Waals surface area contributed by atoms with Gasteiger partial charge in [0.1, 0.15) is 5.60 Å². The molecule has 2 N–H and O–H groups in total. The van der Waals surface area contributed by atoms with Crippen LogP contribution in [-0.2, 0) is 4.74 Å². The molecule has 0 saturated carbocycles. The lowest BCUT2D eigenvalue weighted by Gasteiger charge is -2.22. The minimum absolute atomic E-state index is 0.444. The Bertz CT molecular complexity index is 228. The van der Waals surface area contributed by atoms with Crippen molar-refractivity contribution in [2.75, 3.05) is 0 Å². The molecule has 0 aromatic rings. The first-order valence-corrected chi connectivity index (χ1v) is 4.41. The van der Waals surface area contributed by atoms with Crippen LogP contribution in [0.4, 0.5) is 4.79 Å². The molecule has 1 rings (SSSR count). The summed E-state index contributed by atoms with van der Waals surface area (Å²) >= 11 is 0. The zero-order chi connectivity index (χ0) is 9.90. The van der Waals surface area contributed by atoms with E-state index in [2.05, 4.69) is 10.9 Å². The molecule has 0 aromatic heterocycles. The van der Waals surface area contributed by atoms with Crippen molar-refractivity contribution in [1.29, 1.82) is 0 Å². The van der Waals surface area contributed by atoms with E-state index in [4.69, 9.17) is 4.74 Å². The van der Waals surface area contributed by atoms with Gasteiger partial charge in [-0.05, 0) is 33.6 Å². The van der Waals surface area contributed by atoms with E-state index in [0.717, 1.165) is 18.5 Å². The Morgan fingerprint density at radius 3 is 2.54 bits per heavy atom. The first-order chi connectivity index (χ1) is 5.97. The fourth-order valence-electron chi connectivity index (χ4n) is 0.837. The molecule has 1 aliphatic carbocycles. The maximum absolute atomic E-state index is 11.1. The summed E-state index contributed by atoms with van der Waals surface area (Å²) in [4.78, 5) is 11.1. The van der Waals surface area contributed by atoms with Gasteiger partial charge in [0.25, 0.3) is 0 Å². The lowest BCUT2D eigenvalue weighted by atomic mass is 10.1. The Morgan fingerprint density at radius 1 is 1.54 bits per heavy atom. The number of carbonyl (C=O) groups is 1. The number of rotatable bonds is 2. The summed E-state index contributed by atoms with van der Waals surface area (Å²) in [5, 5.41) is 0. The van der Waals surface area contributed by atoms with Crippen LogP contribution in [0.5, 0.6) is 0 Å². The highest BCUT2D eigenvalue weighted by Crippen LogP contribution is 2.13. The van der Waals surface area contributed by atoms with Crippen molar-refractivity contribution in [3.63, 3.8) is 0 Å². The van der Waals surface area contributed by atoms with Crippen molar-refractivity contribution in [1.82, 2.24) is 10.9 Å². The van der Waals surface area contributed by atoms with E-state index in [0.29, 0.717) is 0 Å². The van der Waals surface area contributed by atoms with Crippen molar-refractivity contribution in [2.24, 2.45) is 0 Å². The molecule has 0 spiro atoms. The molecule has 74 valence electrons. The highest BCUT2D eigenvalue weighted by Gasteiger charge is 2.16. The van der Waals surface area contributed by atoms with Crippen LogP contribution in [-0.4, -0.2) is 11.7 Å². The van der Waals surface area contributed by atoms with Crippen LogP contribution in [0, 0.1) is 0 Å². The van der Waals surface area contributed by atoms with Crippen LogP contribution in [0.25, 0.3) is 0 Å². The van der Waals surface area contributed by atoms with E-state index >= 15 is 0 Å². The molecular weight excluding hydrogens is 168 g/mol. The third kappa shape index (κ3) is 3.83. The highest BCUT2D eigenvalue weighted by molar-refractivity contribution is 5.67. The summed E-state index contributed by atoms with van der Waals surface area (Å²) in [5.74, 6) is 0. The van der Waals surface area contributed by atoms with E-state index in [1.807, 2.05) is 26.8 Å². The first-order valence-electron chi connectivity index (χ1n) is 4.41. The molecule has 0 unspecified atom stereocenters. The summed E-state index contributed by atoms with van der Waals surface area (Å²) in [7, 11) is 0. The van der Waals surface area contributed by atoms with Gasteiger partial charge in [0.2, 0.25) is 0 Å². The summed E-state index contributed by atoms with van der Waals surface area (Å²) in [5.41, 5.74) is 5.84. The van der Waals surface area contributed by atoms with Gasteiger partial charge in [0.05, 0.1) is 0 Å².